The molecule has 2 atom stereocenters. The second kappa shape index (κ2) is 7.97. The maximum absolute atomic E-state index is 13.1. The van der Waals surface area contributed by atoms with E-state index in [0.717, 1.165) is 17.8 Å². The topological polar surface area (TPSA) is 80.1 Å². The average Bonchev–Trinajstić information content (AvgIpc) is 3.36. The Morgan fingerprint density at radius 1 is 1.10 bits per heavy atom. The largest absolute Gasteiger partial charge is 0.433 e. The first-order valence-corrected chi connectivity index (χ1v) is 10.9. The predicted molar refractivity (Wildman–Crippen MR) is 108 cm³/mol. The van der Waals surface area contributed by atoms with Crippen molar-refractivity contribution in [3.63, 3.8) is 0 Å². The van der Waals surface area contributed by atoms with Crippen LogP contribution in [0.2, 0.25) is 0 Å². The van der Waals surface area contributed by atoms with Crippen molar-refractivity contribution in [3.8, 4) is 0 Å². The predicted octanol–water partition coefficient (Wildman–Crippen LogP) is 3.10. The highest BCUT2D eigenvalue weighted by Crippen LogP contribution is 2.34. The maximum Gasteiger partial charge on any atom is 0.433 e. The molecular formula is C20H20F3N5O2S. The zero-order valence-corrected chi connectivity index (χ0v) is 17.3. The summed E-state index contributed by atoms with van der Waals surface area (Å²) < 4.78 is 68.1. The van der Waals surface area contributed by atoms with Gasteiger partial charge in [-0.1, -0.05) is 30.3 Å². The lowest BCUT2D eigenvalue weighted by Gasteiger charge is -2.21. The Morgan fingerprint density at radius 3 is 2.48 bits per heavy atom. The second-order valence-corrected chi connectivity index (χ2v) is 9.28. The van der Waals surface area contributed by atoms with Gasteiger partial charge in [0.1, 0.15) is 5.69 Å². The highest BCUT2D eigenvalue weighted by molar-refractivity contribution is 7.89. The molecule has 0 aliphatic carbocycles. The summed E-state index contributed by atoms with van der Waals surface area (Å²) in [7, 11) is -2.17. The van der Waals surface area contributed by atoms with E-state index < -0.39 is 27.9 Å². The molecule has 0 bridgehead atoms. The smallest absolute Gasteiger partial charge is 0.380 e. The molecule has 1 aromatic carbocycles. The van der Waals surface area contributed by atoms with Crippen LogP contribution in [0.4, 0.5) is 18.9 Å². The first-order chi connectivity index (χ1) is 14.6. The first kappa shape index (κ1) is 21.3. The van der Waals surface area contributed by atoms with Crippen LogP contribution in [0.1, 0.15) is 17.2 Å². The molecule has 0 saturated carbocycles. The second-order valence-electron chi connectivity index (χ2n) is 7.39. The van der Waals surface area contributed by atoms with Crippen LogP contribution in [-0.4, -0.2) is 46.4 Å². The number of alkyl halides is 3. The third-order valence-corrected chi connectivity index (χ3v) is 6.92. The number of aryl methyl sites for hydroxylation is 1. The fourth-order valence-electron chi connectivity index (χ4n) is 3.69. The Bertz CT molecular complexity index is 1160. The van der Waals surface area contributed by atoms with Crippen LogP contribution in [-0.2, 0) is 23.2 Å². The molecule has 0 amide bonds. The minimum absolute atomic E-state index is 0.0641. The van der Waals surface area contributed by atoms with Crippen molar-refractivity contribution in [1.82, 2.24) is 18.8 Å². The summed E-state index contributed by atoms with van der Waals surface area (Å²) >= 11 is 0. The number of rotatable bonds is 5. The van der Waals surface area contributed by atoms with Crippen molar-refractivity contribution in [3.05, 3.63) is 72.4 Å². The molecule has 3 aromatic rings. The van der Waals surface area contributed by atoms with Crippen molar-refractivity contribution in [1.29, 1.82) is 0 Å². The SMILES string of the molecule is Cn1cnc(S(=O)(=O)N2C[C@H](Nc3ccnc(C(F)(F)F)c3)[C@@H](c3ccccc3)C2)c1. The molecule has 0 spiro atoms. The number of anilines is 1. The lowest BCUT2D eigenvalue weighted by atomic mass is 9.94. The Kier molecular flexibility index (Phi) is 5.48. The molecule has 1 aliphatic rings. The van der Waals surface area contributed by atoms with E-state index in [2.05, 4.69) is 15.3 Å². The Balaban J connectivity index is 1.65. The number of nitrogens with zero attached hydrogens (tertiary/aromatic N) is 4. The number of halogens is 3. The van der Waals surface area contributed by atoms with E-state index in [0.29, 0.717) is 0 Å². The fourth-order valence-corrected chi connectivity index (χ4v) is 5.15. The van der Waals surface area contributed by atoms with Gasteiger partial charge in [-0.15, -0.1) is 0 Å². The van der Waals surface area contributed by atoms with E-state index >= 15 is 0 Å². The Morgan fingerprint density at radius 2 is 1.84 bits per heavy atom. The zero-order chi connectivity index (χ0) is 22.2. The highest BCUT2D eigenvalue weighted by Gasteiger charge is 2.41. The van der Waals surface area contributed by atoms with Gasteiger partial charge in [0.05, 0.1) is 6.33 Å². The third-order valence-electron chi connectivity index (χ3n) is 5.20. The van der Waals surface area contributed by atoms with E-state index in [1.54, 1.807) is 11.6 Å². The van der Waals surface area contributed by atoms with E-state index in [9.17, 15) is 21.6 Å². The van der Waals surface area contributed by atoms with Gasteiger partial charge in [-0.2, -0.15) is 17.5 Å². The highest BCUT2D eigenvalue weighted by atomic mass is 32.2. The van der Waals surface area contributed by atoms with E-state index in [-0.39, 0.29) is 29.7 Å². The molecular weight excluding hydrogens is 431 g/mol. The molecule has 0 unspecified atom stereocenters. The Hall–Kier alpha value is -2.92. The summed E-state index contributed by atoms with van der Waals surface area (Å²) in [6.45, 7) is 0.264. The van der Waals surface area contributed by atoms with Crippen LogP contribution in [0.3, 0.4) is 0 Å². The number of benzene rings is 1. The quantitative estimate of drug-likeness (QED) is 0.645. The number of nitrogens with one attached hydrogen (secondary N) is 1. The summed E-state index contributed by atoms with van der Waals surface area (Å²) in [6, 6.07) is 11.2. The fraction of sp³-hybridized carbons (Fsp3) is 0.300. The van der Waals surface area contributed by atoms with E-state index in [1.807, 2.05) is 30.3 Å². The minimum atomic E-state index is -4.57. The number of imidazole rings is 1. The number of hydrogen-bond donors (Lipinski definition) is 1. The summed E-state index contributed by atoms with van der Waals surface area (Å²) in [4.78, 5) is 7.33. The molecule has 3 heterocycles. The molecule has 2 aromatic heterocycles. The molecule has 1 aliphatic heterocycles. The average molecular weight is 451 g/mol. The summed E-state index contributed by atoms with van der Waals surface area (Å²) in [5.41, 5.74) is 0.110. The molecule has 1 N–H and O–H groups in total. The molecule has 4 rings (SSSR count). The van der Waals surface area contributed by atoms with Crippen molar-refractivity contribution in [2.24, 2.45) is 7.05 Å². The van der Waals surface area contributed by atoms with Gasteiger partial charge < -0.3 is 9.88 Å². The molecule has 7 nitrogen and oxygen atoms in total. The van der Waals surface area contributed by atoms with Gasteiger partial charge in [0.15, 0.2) is 5.03 Å². The van der Waals surface area contributed by atoms with Crippen LogP contribution in [0, 0.1) is 0 Å². The molecule has 164 valence electrons. The normalized spacial score (nSPS) is 20.1. The third kappa shape index (κ3) is 4.42. The number of sulfonamides is 1. The zero-order valence-electron chi connectivity index (χ0n) is 16.5. The lowest BCUT2D eigenvalue weighted by molar-refractivity contribution is -0.141. The van der Waals surface area contributed by atoms with Crippen LogP contribution >= 0.6 is 0 Å². The van der Waals surface area contributed by atoms with Gasteiger partial charge in [-0.25, -0.2) is 13.4 Å². The number of aromatic nitrogens is 3. The molecule has 11 heteroatoms. The van der Waals surface area contributed by atoms with Crippen molar-refractivity contribution < 1.29 is 21.6 Å². The first-order valence-electron chi connectivity index (χ1n) is 9.47. The Labute approximate surface area is 177 Å². The van der Waals surface area contributed by atoms with Gasteiger partial charge in [-0.3, -0.25) is 4.98 Å². The van der Waals surface area contributed by atoms with Crippen LogP contribution in [0.5, 0.6) is 0 Å². The summed E-state index contributed by atoms with van der Waals surface area (Å²) in [5, 5.41) is 3.02. The van der Waals surface area contributed by atoms with Crippen molar-refractivity contribution in [2.75, 3.05) is 18.4 Å². The van der Waals surface area contributed by atoms with Gasteiger partial charge in [0.2, 0.25) is 0 Å². The van der Waals surface area contributed by atoms with Crippen molar-refractivity contribution >= 4 is 15.7 Å². The molecule has 1 saturated heterocycles. The number of hydrogen-bond acceptors (Lipinski definition) is 5. The lowest BCUT2D eigenvalue weighted by Crippen LogP contribution is -2.32. The number of pyridine rings is 1. The van der Waals surface area contributed by atoms with Crippen LogP contribution in [0.25, 0.3) is 0 Å². The molecule has 31 heavy (non-hydrogen) atoms. The minimum Gasteiger partial charge on any atom is -0.380 e. The van der Waals surface area contributed by atoms with Gasteiger partial charge >= 0.3 is 6.18 Å². The van der Waals surface area contributed by atoms with Gasteiger partial charge in [0.25, 0.3) is 10.0 Å². The van der Waals surface area contributed by atoms with Crippen LogP contribution in [0.15, 0.2) is 66.2 Å². The van der Waals surface area contributed by atoms with Crippen molar-refractivity contribution in [2.45, 2.75) is 23.2 Å². The van der Waals surface area contributed by atoms with Crippen LogP contribution < -0.4 is 5.32 Å². The maximum atomic E-state index is 13.1. The standard InChI is InChI=1S/C20H20F3N5O2S/c1-27-12-19(25-13-27)31(29,30)28-10-16(14-5-3-2-4-6-14)17(11-28)26-15-7-8-24-18(9-15)20(21,22)23/h2-9,12-13,16-17H,10-11H2,1H3,(H,24,26)/t16-,17+/m1/s1. The van der Waals surface area contributed by atoms with Gasteiger partial charge in [0, 0.05) is 50.2 Å². The van der Waals surface area contributed by atoms with E-state index in [4.69, 9.17) is 0 Å². The molecule has 1 fully saturated rings. The monoisotopic (exact) mass is 451 g/mol. The summed E-state index contributed by atoms with van der Waals surface area (Å²) in [6.07, 6.45) is -0.657. The van der Waals surface area contributed by atoms with E-state index in [1.165, 1.54) is 22.9 Å². The molecule has 0 radical (unpaired) electrons. The summed E-state index contributed by atoms with van der Waals surface area (Å²) in [5.74, 6) is -0.262. The van der Waals surface area contributed by atoms with Gasteiger partial charge in [-0.05, 0) is 17.7 Å².